The van der Waals surface area contributed by atoms with E-state index in [0.29, 0.717) is 0 Å². The Morgan fingerprint density at radius 1 is 0.656 bits per heavy atom. The van der Waals surface area contributed by atoms with Crippen molar-refractivity contribution in [3.63, 3.8) is 0 Å². The Kier molecular flexibility index (Phi) is 19.4. The molecule has 0 N–H and O–H groups in total. The summed E-state index contributed by atoms with van der Waals surface area (Å²) < 4.78 is 6.10. The molecule has 0 aliphatic heterocycles. The van der Waals surface area contributed by atoms with Crippen LogP contribution in [0.15, 0.2) is 30.8 Å². The lowest BCUT2D eigenvalue weighted by atomic mass is 10.0. The van der Waals surface area contributed by atoms with Gasteiger partial charge in [-0.2, -0.15) is 0 Å². The van der Waals surface area contributed by atoms with Crippen LogP contribution in [0.25, 0.3) is 6.08 Å². The molecule has 0 aromatic heterocycles. The Balaban J connectivity index is 1.79. The number of para-hydroxylation sites is 1. The highest BCUT2D eigenvalue weighted by Gasteiger charge is 2.06. The summed E-state index contributed by atoms with van der Waals surface area (Å²) in [4.78, 5) is 0. The molecule has 0 saturated heterocycles. The molecule has 1 aromatic rings. The third-order valence-electron chi connectivity index (χ3n) is 6.68. The Morgan fingerprint density at radius 3 is 1.50 bits per heavy atom. The van der Waals surface area contributed by atoms with Crippen LogP contribution < -0.4 is 4.74 Å². The van der Waals surface area contributed by atoms with E-state index in [0.717, 1.165) is 17.7 Å². The molecule has 0 aliphatic carbocycles. The summed E-state index contributed by atoms with van der Waals surface area (Å²) in [5, 5.41) is 0. The van der Waals surface area contributed by atoms with Crippen molar-refractivity contribution < 1.29 is 4.74 Å². The minimum absolute atomic E-state index is 0.280. The standard InChI is InChI=1S/C31H54O/c1-4-6-7-8-9-10-11-12-13-14-15-16-17-18-19-20-21-22-23-26-29(3)32-31-28-25-24-27-30(31)5-2/h5,24-25,27-29H,2,4,6-23,26H2,1,3H3. The summed E-state index contributed by atoms with van der Waals surface area (Å²) in [5.74, 6) is 0.966. The molecule has 0 aliphatic rings. The van der Waals surface area contributed by atoms with E-state index in [-0.39, 0.29) is 6.10 Å². The number of benzene rings is 1. The molecule has 0 heterocycles. The smallest absolute Gasteiger partial charge is 0.126 e. The van der Waals surface area contributed by atoms with Crippen molar-refractivity contribution in [2.45, 2.75) is 148 Å². The van der Waals surface area contributed by atoms with E-state index in [1.165, 1.54) is 122 Å². The second-order valence-corrected chi connectivity index (χ2v) is 9.82. The average molecular weight is 443 g/mol. The largest absolute Gasteiger partial charge is 0.490 e. The van der Waals surface area contributed by atoms with Gasteiger partial charge in [-0.25, -0.2) is 0 Å². The van der Waals surface area contributed by atoms with Crippen molar-refractivity contribution in [3.05, 3.63) is 36.4 Å². The molecule has 0 saturated carbocycles. The van der Waals surface area contributed by atoms with Gasteiger partial charge < -0.3 is 4.74 Å². The van der Waals surface area contributed by atoms with Crippen molar-refractivity contribution in [2.24, 2.45) is 0 Å². The molecule has 0 amide bonds. The molecular weight excluding hydrogens is 388 g/mol. The maximum absolute atomic E-state index is 6.10. The summed E-state index contributed by atoms with van der Waals surface area (Å²) in [6.45, 7) is 8.36. The second kappa shape index (κ2) is 21.6. The van der Waals surface area contributed by atoms with E-state index in [9.17, 15) is 0 Å². The van der Waals surface area contributed by atoms with Gasteiger partial charge >= 0.3 is 0 Å². The first-order chi connectivity index (χ1) is 15.8. The fourth-order valence-corrected chi connectivity index (χ4v) is 4.54. The topological polar surface area (TPSA) is 9.23 Å². The average Bonchev–Trinajstić information content (AvgIpc) is 2.81. The summed E-state index contributed by atoms with van der Waals surface area (Å²) >= 11 is 0. The predicted molar refractivity (Wildman–Crippen MR) is 145 cm³/mol. The van der Waals surface area contributed by atoms with Crippen LogP contribution in [0.5, 0.6) is 5.75 Å². The van der Waals surface area contributed by atoms with Gasteiger partial charge in [0.05, 0.1) is 6.10 Å². The Hall–Kier alpha value is -1.24. The number of hydrogen-bond acceptors (Lipinski definition) is 1. The monoisotopic (exact) mass is 442 g/mol. The van der Waals surface area contributed by atoms with Gasteiger partial charge in [-0.3, -0.25) is 0 Å². The van der Waals surface area contributed by atoms with Gasteiger partial charge in [-0.05, 0) is 25.8 Å². The summed E-state index contributed by atoms with van der Waals surface area (Å²) in [6.07, 6.45) is 30.5. The van der Waals surface area contributed by atoms with Crippen molar-refractivity contribution in [3.8, 4) is 5.75 Å². The number of unbranched alkanes of at least 4 members (excludes halogenated alkanes) is 18. The van der Waals surface area contributed by atoms with Crippen molar-refractivity contribution in [1.29, 1.82) is 0 Å². The van der Waals surface area contributed by atoms with Gasteiger partial charge in [-0.1, -0.05) is 153 Å². The number of ether oxygens (including phenoxy) is 1. The quantitative estimate of drug-likeness (QED) is 0.153. The Bertz CT molecular complexity index is 535. The van der Waals surface area contributed by atoms with E-state index in [2.05, 4.69) is 26.5 Å². The maximum atomic E-state index is 6.10. The van der Waals surface area contributed by atoms with E-state index in [1.807, 2.05) is 24.3 Å². The highest BCUT2D eigenvalue weighted by molar-refractivity contribution is 5.55. The van der Waals surface area contributed by atoms with Crippen LogP contribution in [-0.4, -0.2) is 6.10 Å². The van der Waals surface area contributed by atoms with Crippen molar-refractivity contribution in [1.82, 2.24) is 0 Å². The molecule has 1 unspecified atom stereocenters. The van der Waals surface area contributed by atoms with Gasteiger partial charge in [0.25, 0.3) is 0 Å². The summed E-state index contributed by atoms with van der Waals surface area (Å²) in [6, 6.07) is 8.18. The Morgan fingerprint density at radius 2 is 1.06 bits per heavy atom. The molecule has 0 radical (unpaired) electrons. The van der Waals surface area contributed by atoms with Crippen LogP contribution in [0.3, 0.4) is 0 Å². The molecule has 184 valence electrons. The van der Waals surface area contributed by atoms with E-state index < -0.39 is 0 Å². The minimum atomic E-state index is 0.280. The normalized spacial score (nSPS) is 12.1. The lowest BCUT2D eigenvalue weighted by Gasteiger charge is -2.16. The van der Waals surface area contributed by atoms with Gasteiger partial charge in [-0.15, -0.1) is 0 Å². The fraction of sp³-hybridized carbons (Fsp3) is 0.742. The van der Waals surface area contributed by atoms with Crippen LogP contribution in [0.2, 0.25) is 0 Å². The zero-order chi connectivity index (χ0) is 23.1. The molecule has 1 nitrogen and oxygen atoms in total. The maximum Gasteiger partial charge on any atom is 0.126 e. The molecule has 0 spiro atoms. The Labute approximate surface area is 201 Å². The SMILES string of the molecule is C=Cc1ccccc1OC(C)CCCCCCCCCCCCCCCCCCCCC. The van der Waals surface area contributed by atoms with Gasteiger partial charge in [0.2, 0.25) is 0 Å². The molecule has 1 rings (SSSR count). The van der Waals surface area contributed by atoms with Crippen molar-refractivity contribution >= 4 is 6.08 Å². The summed E-state index contributed by atoms with van der Waals surface area (Å²) in [7, 11) is 0. The van der Waals surface area contributed by atoms with Crippen LogP contribution in [0.4, 0.5) is 0 Å². The van der Waals surface area contributed by atoms with E-state index >= 15 is 0 Å². The molecule has 0 bridgehead atoms. The van der Waals surface area contributed by atoms with Gasteiger partial charge in [0.15, 0.2) is 0 Å². The zero-order valence-corrected chi connectivity index (χ0v) is 21.7. The van der Waals surface area contributed by atoms with Crippen LogP contribution >= 0.6 is 0 Å². The van der Waals surface area contributed by atoms with E-state index in [1.54, 1.807) is 0 Å². The molecule has 1 heteroatoms. The van der Waals surface area contributed by atoms with Crippen molar-refractivity contribution in [2.75, 3.05) is 0 Å². The van der Waals surface area contributed by atoms with Crippen LogP contribution in [0.1, 0.15) is 148 Å². The number of rotatable bonds is 23. The summed E-state index contributed by atoms with van der Waals surface area (Å²) in [5.41, 5.74) is 1.09. The lowest BCUT2D eigenvalue weighted by molar-refractivity contribution is 0.206. The second-order valence-electron chi connectivity index (χ2n) is 9.82. The minimum Gasteiger partial charge on any atom is -0.490 e. The zero-order valence-electron chi connectivity index (χ0n) is 21.7. The molecule has 0 fully saturated rings. The van der Waals surface area contributed by atoms with Crippen LogP contribution in [-0.2, 0) is 0 Å². The fourth-order valence-electron chi connectivity index (χ4n) is 4.54. The first kappa shape index (κ1) is 28.8. The van der Waals surface area contributed by atoms with E-state index in [4.69, 9.17) is 4.74 Å². The van der Waals surface area contributed by atoms with Gasteiger partial charge in [0, 0.05) is 5.56 Å². The third-order valence-corrected chi connectivity index (χ3v) is 6.68. The predicted octanol–water partition coefficient (Wildman–Crippen LogP) is 10.9. The van der Waals surface area contributed by atoms with Crippen LogP contribution in [0, 0.1) is 0 Å². The molecule has 1 aromatic carbocycles. The first-order valence-electron chi connectivity index (χ1n) is 14.2. The molecular formula is C31H54O. The highest BCUT2D eigenvalue weighted by atomic mass is 16.5. The molecule has 1 atom stereocenters. The van der Waals surface area contributed by atoms with Gasteiger partial charge in [0.1, 0.15) is 5.75 Å². The molecule has 32 heavy (non-hydrogen) atoms. The first-order valence-corrected chi connectivity index (χ1v) is 14.2. The highest BCUT2D eigenvalue weighted by Crippen LogP contribution is 2.22. The number of hydrogen-bond donors (Lipinski definition) is 0. The third kappa shape index (κ3) is 16.4. The lowest BCUT2D eigenvalue weighted by Crippen LogP contribution is -2.12.